The van der Waals surface area contributed by atoms with Crippen molar-refractivity contribution in [2.75, 3.05) is 13.1 Å². The van der Waals surface area contributed by atoms with Gasteiger partial charge in [0.15, 0.2) is 0 Å². The van der Waals surface area contributed by atoms with Crippen LogP contribution in [-0.2, 0) is 16.2 Å². The van der Waals surface area contributed by atoms with Crippen molar-refractivity contribution < 1.29 is 21.6 Å². The van der Waals surface area contributed by atoms with Crippen molar-refractivity contribution in [2.45, 2.75) is 23.0 Å². The molecule has 1 aliphatic rings. The molecular weight excluding hydrogens is 391 g/mol. The van der Waals surface area contributed by atoms with Crippen LogP contribution in [0.2, 0.25) is 0 Å². The highest BCUT2D eigenvalue weighted by atomic mass is 35.5. The van der Waals surface area contributed by atoms with Gasteiger partial charge >= 0.3 is 6.18 Å². The molecule has 2 heterocycles. The highest BCUT2D eigenvalue weighted by molar-refractivity contribution is 7.89. The van der Waals surface area contributed by atoms with Gasteiger partial charge < -0.3 is 5.73 Å². The zero-order valence-corrected chi connectivity index (χ0v) is 15.1. The number of benzene rings is 1. The number of aromatic nitrogens is 1. The number of sulfonamides is 1. The van der Waals surface area contributed by atoms with E-state index >= 15 is 0 Å². The molecule has 2 N–H and O–H groups in total. The second kappa shape index (κ2) is 7.51. The molecule has 0 amide bonds. The van der Waals surface area contributed by atoms with Crippen LogP contribution in [0, 0.1) is 0 Å². The second-order valence-electron chi connectivity index (χ2n) is 5.87. The maximum absolute atomic E-state index is 13.1. The first-order chi connectivity index (χ1) is 11.7. The molecule has 10 heteroatoms. The minimum atomic E-state index is -4.79. The van der Waals surface area contributed by atoms with Gasteiger partial charge in [-0.05, 0) is 11.6 Å². The van der Waals surface area contributed by atoms with E-state index in [1.807, 2.05) is 30.3 Å². The van der Waals surface area contributed by atoms with E-state index in [9.17, 15) is 21.6 Å². The van der Waals surface area contributed by atoms with Crippen LogP contribution in [0.15, 0.2) is 53.7 Å². The average molecular weight is 408 g/mol. The molecule has 0 saturated carbocycles. The van der Waals surface area contributed by atoms with Gasteiger partial charge in [0, 0.05) is 37.4 Å². The molecule has 0 aliphatic carbocycles. The SMILES string of the molecule is Cl.N[C@@H]1CN(S(=O)(=O)c2cnccc2C(F)(F)F)C[C@H]1c1ccccc1. The molecule has 1 aromatic heterocycles. The lowest BCUT2D eigenvalue weighted by Crippen LogP contribution is -2.33. The number of pyridine rings is 1. The van der Waals surface area contributed by atoms with E-state index in [0.29, 0.717) is 6.07 Å². The normalized spacial score (nSPS) is 21.4. The van der Waals surface area contributed by atoms with E-state index in [2.05, 4.69) is 4.98 Å². The third-order valence-corrected chi connectivity index (χ3v) is 6.13. The third kappa shape index (κ3) is 3.85. The Kier molecular flexibility index (Phi) is 5.96. The summed E-state index contributed by atoms with van der Waals surface area (Å²) in [6, 6.07) is 9.26. The fraction of sp³-hybridized carbons (Fsp3) is 0.312. The highest BCUT2D eigenvalue weighted by Gasteiger charge is 2.43. The standard InChI is InChI=1S/C16H16F3N3O2S.ClH/c17-16(18,19)13-6-7-21-8-15(13)25(23,24)22-9-12(14(20)10-22)11-4-2-1-3-5-11;/h1-8,12,14H,9-10,20H2;1H/t12-,14+;/m0./s1. The Morgan fingerprint density at radius 1 is 1.12 bits per heavy atom. The number of alkyl halides is 3. The maximum atomic E-state index is 13.1. The van der Waals surface area contributed by atoms with Crippen molar-refractivity contribution >= 4 is 22.4 Å². The van der Waals surface area contributed by atoms with Crippen molar-refractivity contribution in [3.05, 3.63) is 59.9 Å². The predicted octanol–water partition coefficient (Wildman–Crippen LogP) is 2.64. The predicted molar refractivity (Wildman–Crippen MR) is 92.4 cm³/mol. The number of rotatable bonds is 3. The molecule has 1 aromatic carbocycles. The quantitative estimate of drug-likeness (QED) is 0.848. The first-order valence-electron chi connectivity index (χ1n) is 7.53. The van der Waals surface area contributed by atoms with Crippen LogP contribution in [0.1, 0.15) is 17.0 Å². The van der Waals surface area contributed by atoms with Gasteiger partial charge in [-0.15, -0.1) is 12.4 Å². The lowest BCUT2D eigenvalue weighted by Gasteiger charge is -2.19. The molecule has 26 heavy (non-hydrogen) atoms. The molecule has 2 atom stereocenters. The second-order valence-corrected chi connectivity index (χ2v) is 7.78. The summed E-state index contributed by atoms with van der Waals surface area (Å²) >= 11 is 0. The largest absolute Gasteiger partial charge is 0.417 e. The summed E-state index contributed by atoms with van der Waals surface area (Å²) in [6.07, 6.45) is -3.13. The first kappa shape index (κ1) is 20.6. The van der Waals surface area contributed by atoms with Crippen molar-refractivity contribution in [3.8, 4) is 0 Å². The van der Waals surface area contributed by atoms with Crippen molar-refractivity contribution in [3.63, 3.8) is 0 Å². The van der Waals surface area contributed by atoms with E-state index < -0.39 is 32.7 Å². The topological polar surface area (TPSA) is 76.3 Å². The summed E-state index contributed by atoms with van der Waals surface area (Å²) < 4.78 is 66.0. The van der Waals surface area contributed by atoms with Gasteiger partial charge in [0.1, 0.15) is 4.90 Å². The molecule has 1 aliphatic heterocycles. The van der Waals surface area contributed by atoms with Crippen molar-refractivity contribution in [1.82, 2.24) is 9.29 Å². The van der Waals surface area contributed by atoms with E-state index in [1.165, 1.54) is 0 Å². The van der Waals surface area contributed by atoms with Gasteiger partial charge in [0.2, 0.25) is 10.0 Å². The average Bonchev–Trinajstić information content (AvgIpc) is 2.97. The molecule has 1 fully saturated rings. The van der Waals surface area contributed by atoms with E-state index in [1.54, 1.807) is 0 Å². The minimum absolute atomic E-state index is 0. The van der Waals surface area contributed by atoms with Gasteiger partial charge in [0.05, 0.1) is 5.56 Å². The Labute approximate surface area is 155 Å². The Bertz CT molecular complexity index is 863. The van der Waals surface area contributed by atoms with Crippen molar-refractivity contribution in [1.29, 1.82) is 0 Å². The van der Waals surface area contributed by atoms with Gasteiger partial charge in [-0.25, -0.2) is 8.42 Å². The molecule has 1 saturated heterocycles. The molecule has 0 unspecified atom stereocenters. The highest BCUT2D eigenvalue weighted by Crippen LogP contribution is 2.37. The Balaban J connectivity index is 0.00000243. The van der Waals surface area contributed by atoms with Gasteiger partial charge in [-0.3, -0.25) is 4.98 Å². The van der Waals surface area contributed by atoms with Crippen LogP contribution in [0.5, 0.6) is 0 Å². The molecule has 3 rings (SSSR count). The summed E-state index contributed by atoms with van der Waals surface area (Å²) in [7, 11) is -4.36. The summed E-state index contributed by atoms with van der Waals surface area (Å²) in [6.45, 7) is -0.0200. The Morgan fingerprint density at radius 2 is 1.77 bits per heavy atom. The fourth-order valence-electron chi connectivity index (χ4n) is 3.00. The number of hydrogen-bond donors (Lipinski definition) is 1. The Hall–Kier alpha value is -1.68. The lowest BCUT2D eigenvalue weighted by atomic mass is 9.95. The summed E-state index contributed by atoms with van der Waals surface area (Å²) in [5, 5.41) is 0. The Morgan fingerprint density at radius 3 is 2.38 bits per heavy atom. The van der Waals surface area contributed by atoms with Crippen LogP contribution >= 0.6 is 12.4 Å². The van der Waals surface area contributed by atoms with Gasteiger partial charge in [-0.1, -0.05) is 30.3 Å². The molecule has 142 valence electrons. The first-order valence-corrected chi connectivity index (χ1v) is 8.97. The van der Waals surface area contributed by atoms with Crippen LogP contribution < -0.4 is 5.73 Å². The molecule has 2 aromatic rings. The summed E-state index contributed by atoms with van der Waals surface area (Å²) in [4.78, 5) is 2.71. The number of nitrogens with two attached hydrogens (primary N) is 1. The maximum Gasteiger partial charge on any atom is 0.417 e. The zero-order valence-electron chi connectivity index (χ0n) is 13.4. The van der Waals surface area contributed by atoms with Crippen LogP contribution in [0.3, 0.4) is 0 Å². The summed E-state index contributed by atoms with van der Waals surface area (Å²) in [5.41, 5.74) is 5.69. The number of hydrogen-bond acceptors (Lipinski definition) is 4. The lowest BCUT2D eigenvalue weighted by molar-refractivity contribution is -0.140. The van der Waals surface area contributed by atoms with Gasteiger partial charge in [-0.2, -0.15) is 17.5 Å². The molecule has 5 nitrogen and oxygen atoms in total. The molecule has 0 bridgehead atoms. The van der Waals surface area contributed by atoms with Crippen LogP contribution in [-0.4, -0.2) is 36.8 Å². The van der Waals surface area contributed by atoms with E-state index in [-0.39, 0.29) is 31.4 Å². The molecular formula is C16H17ClF3N3O2S. The van der Waals surface area contributed by atoms with E-state index in [0.717, 1.165) is 22.3 Å². The minimum Gasteiger partial charge on any atom is -0.326 e. The van der Waals surface area contributed by atoms with Crippen LogP contribution in [0.25, 0.3) is 0 Å². The fourth-order valence-corrected chi connectivity index (χ4v) is 4.66. The molecule has 0 radical (unpaired) electrons. The number of halogens is 4. The monoisotopic (exact) mass is 407 g/mol. The van der Waals surface area contributed by atoms with Gasteiger partial charge in [0.25, 0.3) is 0 Å². The van der Waals surface area contributed by atoms with E-state index in [4.69, 9.17) is 5.73 Å². The van der Waals surface area contributed by atoms with Crippen molar-refractivity contribution in [2.24, 2.45) is 5.73 Å². The van der Waals surface area contributed by atoms with Crippen LogP contribution in [0.4, 0.5) is 13.2 Å². The molecule has 0 spiro atoms. The zero-order chi connectivity index (χ0) is 18.2. The number of nitrogens with zero attached hydrogens (tertiary/aromatic N) is 2. The third-order valence-electron chi connectivity index (χ3n) is 4.27. The summed E-state index contributed by atoms with van der Waals surface area (Å²) in [5.74, 6) is -0.276. The smallest absolute Gasteiger partial charge is 0.326 e.